The minimum atomic E-state index is -0.125. The van der Waals surface area contributed by atoms with Gasteiger partial charge in [-0.1, -0.05) is 64.3 Å². The number of unbranched alkanes of at least 4 members (excludes halogenated alkanes) is 7. The highest BCUT2D eigenvalue weighted by molar-refractivity contribution is 6.68. The molecule has 0 atom stereocenters. The van der Waals surface area contributed by atoms with Gasteiger partial charge in [0, 0.05) is 0 Å². The van der Waals surface area contributed by atoms with E-state index in [1.165, 1.54) is 57.4 Å². The molecule has 0 aliphatic carbocycles. The average Bonchev–Trinajstić information content (AvgIpc) is 2.15. The fourth-order valence-corrected chi connectivity index (χ4v) is 2.80. The summed E-state index contributed by atoms with van der Waals surface area (Å²) in [5.74, 6) is 0. The molecule has 0 aromatic carbocycles. The molecule has 2 radical (unpaired) electrons. The van der Waals surface area contributed by atoms with Crippen molar-refractivity contribution >= 4 is 32.7 Å². The first kappa shape index (κ1) is 14.8. The second-order valence-corrected chi connectivity index (χ2v) is 7.04. The zero-order valence-electron chi connectivity index (χ0n) is 9.20. The molecule has 84 valence electrons. The fourth-order valence-electron chi connectivity index (χ4n) is 1.47. The SMILES string of the molecule is CCCCCCCCCC[Si]C(Cl)Cl. The van der Waals surface area contributed by atoms with Gasteiger partial charge in [-0.3, -0.25) is 0 Å². The molecule has 3 heteroatoms. The highest BCUT2D eigenvalue weighted by atomic mass is 35.5. The lowest BCUT2D eigenvalue weighted by Crippen LogP contribution is -1.99. The predicted octanol–water partition coefficient (Wildman–Crippen LogP) is 5.01. The third kappa shape index (κ3) is 12.8. The van der Waals surface area contributed by atoms with Gasteiger partial charge in [0.2, 0.25) is 0 Å². The van der Waals surface area contributed by atoms with Gasteiger partial charge in [-0.2, -0.15) is 0 Å². The Balaban J connectivity index is 2.85. The highest BCUT2D eigenvalue weighted by Crippen LogP contribution is 2.11. The van der Waals surface area contributed by atoms with Gasteiger partial charge >= 0.3 is 0 Å². The second kappa shape index (κ2) is 11.9. The van der Waals surface area contributed by atoms with Crippen molar-refractivity contribution in [3.63, 3.8) is 0 Å². The normalized spacial score (nSPS) is 11.1. The number of hydrogen-bond acceptors (Lipinski definition) is 0. The summed E-state index contributed by atoms with van der Waals surface area (Å²) < 4.78 is -0.125. The van der Waals surface area contributed by atoms with Crippen molar-refractivity contribution < 1.29 is 0 Å². The molecule has 0 rings (SSSR count). The largest absolute Gasteiger partial charge is 0.110 e. The first-order chi connectivity index (χ1) is 6.77. The maximum Gasteiger partial charge on any atom is 0.0929 e. The molecule has 0 spiro atoms. The Kier molecular flexibility index (Phi) is 12.5. The lowest BCUT2D eigenvalue weighted by Gasteiger charge is -2.01. The lowest BCUT2D eigenvalue weighted by atomic mass is 10.1. The standard InChI is InChI=1S/C11H22Cl2Si/c1-2-3-4-5-6-7-8-9-10-14-11(12)13/h11H,2-10H2,1H3. The van der Waals surface area contributed by atoms with Crippen LogP contribution in [0.1, 0.15) is 58.3 Å². The van der Waals surface area contributed by atoms with Crippen LogP contribution in [0.2, 0.25) is 6.04 Å². The average molecular weight is 253 g/mol. The molecule has 0 amide bonds. The molecule has 0 N–H and O–H groups in total. The molecule has 0 aliphatic heterocycles. The molecule has 0 aromatic rings. The van der Waals surface area contributed by atoms with Crippen molar-refractivity contribution in [1.82, 2.24) is 0 Å². The Morgan fingerprint density at radius 3 is 1.86 bits per heavy atom. The Morgan fingerprint density at radius 1 is 0.857 bits per heavy atom. The van der Waals surface area contributed by atoms with E-state index in [1.807, 2.05) is 0 Å². The Hall–Kier alpha value is 0.797. The minimum absolute atomic E-state index is 0.125. The first-order valence-corrected chi connectivity index (χ1v) is 7.94. The van der Waals surface area contributed by atoms with E-state index in [-0.39, 0.29) is 4.46 Å². The predicted molar refractivity (Wildman–Crippen MR) is 68.7 cm³/mol. The van der Waals surface area contributed by atoms with Gasteiger partial charge in [0.15, 0.2) is 0 Å². The molecule has 14 heavy (non-hydrogen) atoms. The van der Waals surface area contributed by atoms with Crippen molar-refractivity contribution in [3.8, 4) is 0 Å². The summed E-state index contributed by atoms with van der Waals surface area (Å²) in [7, 11) is 0.732. The van der Waals surface area contributed by atoms with Crippen LogP contribution in [-0.4, -0.2) is 14.0 Å². The van der Waals surface area contributed by atoms with Crippen molar-refractivity contribution in [2.24, 2.45) is 0 Å². The molecular weight excluding hydrogens is 231 g/mol. The Labute approximate surface area is 102 Å². The summed E-state index contributed by atoms with van der Waals surface area (Å²) >= 11 is 11.3. The Bertz CT molecular complexity index is 107. The zero-order valence-corrected chi connectivity index (χ0v) is 11.7. The monoisotopic (exact) mass is 252 g/mol. The van der Waals surface area contributed by atoms with Crippen LogP contribution in [0.3, 0.4) is 0 Å². The van der Waals surface area contributed by atoms with Crippen LogP contribution in [0.4, 0.5) is 0 Å². The number of hydrogen-bond donors (Lipinski definition) is 0. The minimum Gasteiger partial charge on any atom is -0.110 e. The van der Waals surface area contributed by atoms with Gasteiger partial charge in [-0.15, -0.1) is 23.2 Å². The Morgan fingerprint density at radius 2 is 1.36 bits per heavy atom. The van der Waals surface area contributed by atoms with Crippen molar-refractivity contribution in [1.29, 1.82) is 0 Å². The molecule has 0 saturated carbocycles. The van der Waals surface area contributed by atoms with E-state index in [0.717, 1.165) is 9.52 Å². The van der Waals surface area contributed by atoms with E-state index in [1.54, 1.807) is 0 Å². The van der Waals surface area contributed by atoms with Crippen LogP contribution in [-0.2, 0) is 0 Å². The fraction of sp³-hybridized carbons (Fsp3) is 1.00. The topological polar surface area (TPSA) is 0 Å². The molecule has 0 saturated heterocycles. The van der Waals surface area contributed by atoms with Gasteiger partial charge in [0.25, 0.3) is 0 Å². The summed E-state index contributed by atoms with van der Waals surface area (Å²) in [6.45, 7) is 2.26. The molecule has 0 bridgehead atoms. The van der Waals surface area contributed by atoms with E-state index in [9.17, 15) is 0 Å². The van der Waals surface area contributed by atoms with E-state index >= 15 is 0 Å². The van der Waals surface area contributed by atoms with Gasteiger partial charge in [0.05, 0.1) is 14.0 Å². The summed E-state index contributed by atoms with van der Waals surface area (Å²) in [6.07, 6.45) is 11.1. The van der Waals surface area contributed by atoms with Crippen LogP contribution in [0, 0.1) is 0 Å². The van der Waals surface area contributed by atoms with Gasteiger partial charge in [-0.05, 0) is 0 Å². The van der Waals surface area contributed by atoms with Crippen LogP contribution < -0.4 is 0 Å². The van der Waals surface area contributed by atoms with Gasteiger partial charge in [-0.25, -0.2) is 0 Å². The van der Waals surface area contributed by atoms with E-state index in [2.05, 4.69) is 6.92 Å². The third-order valence-electron chi connectivity index (χ3n) is 2.33. The molecule has 0 unspecified atom stereocenters. The van der Waals surface area contributed by atoms with Gasteiger partial charge in [0.1, 0.15) is 0 Å². The quantitative estimate of drug-likeness (QED) is 0.291. The van der Waals surface area contributed by atoms with Crippen LogP contribution in [0.15, 0.2) is 0 Å². The molecule has 0 nitrogen and oxygen atoms in total. The van der Waals surface area contributed by atoms with Crippen LogP contribution in [0.25, 0.3) is 0 Å². The molecular formula is C11H22Cl2Si. The van der Waals surface area contributed by atoms with E-state index in [4.69, 9.17) is 23.2 Å². The van der Waals surface area contributed by atoms with Crippen molar-refractivity contribution in [2.75, 3.05) is 0 Å². The summed E-state index contributed by atoms with van der Waals surface area (Å²) in [4.78, 5) is 0. The van der Waals surface area contributed by atoms with Crippen molar-refractivity contribution in [3.05, 3.63) is 0 Å². The summed E-state index contributed by atoms with van der Waals surface area (Å²) in [5, 5.41) is 0. The summed E-state index contributed by atoms with van der Waals surface area (Å²) in [6, 6.07) is 1.21. The maximum absolute atomic E-state index is 5.65. The number of halogens is 2. The molecule has 0 fully saturated rings. The van der Waals surface area contributed by atoms with Crippen molar-refractivity contribution in [2.45, 2.75) is 68.8 Å². The molecule has 0 heterocycles. The lowest BCUT2D eigenvalue weighted by molar-refractivity contribution is 0.585. The number of rotatable bonds is 10. The first-order valence-electron chi connectivity index (χ1n) is 5.79. The van der Waals surface area contributed by atoms with E-state index in [0.29, 0.717) is 0 Å². The zero-order chi connectivity index (χ0) is 10.6. The van der Waals surface area contributed by atoms with Gasteiger partial charge < -0.3 is 0 Å². The van der Waals surface area contributed by atoms with Crippen LogP contribution in [0.5, 0.6) is 0 Å². The second-order valence-electron chi connectivity index (χ2n) is 3.73. The smallest absolute Gasteiger partial charge is 0.0929 e. The molecule has 0 aliphatic rings. The highest BCUT2D eigenvalue weighted by Gasteiger charge is 1.99. The van der Waals surface area contributed by atoms with E-state index < -0.39 is 0 Å². The molecule has 0 aromatic heterocycles. The maximum atomic E-state index is 5.65. The number of alkyl halides is 2. The summed E-state index contributed by atoms with van der Waals surface area (Å²) in [5.41, 5.74) is 0. The third-order valence-corrected chi connectivity index (χ3v) is 4.21. The van der Waals surface area contributed by atoms with Crippen LogP contribution >= 0.6 is 23.2 Å².